The topological polar surface area (TPSA) is 29.3 Å². The molecule has 2 atom stereocenters. The van der Waals surface area contributed by atoms with Crippen LogP contribution in [0.25, 0.3) is 0 Å². The first kappa shape index (κ1) is 11.0. The molecule has 1 rings (SSSR count). The van der Waals surface area contributed by atoms with Crippen molar-refractivity contribution in [3.8, 4) is 0 Å². The monoisotopic (exact) mass is 184 g/mol. The lowest BCUT2D eigenvalue weighted by atomic mass is 9.86. The molecule has 0 aromatic carbocycles. The molecular weight excluding hydrogens is 160 g/mol. The molecule has 2 unspecified atom stereocenters. The van der Waals surface area contributed by atoms with Crippen molar-refractivity contribution < 1.29 is 0 Å². The number of hydrogen-bond acceptors (Lipinski definition) is 2. The fourth-order valence-corrected chi connectivity index (χ4v) is 2.33. The van der Waals surface area contributed by atoms with Crippen LogP contribution in [0.1, 0.15) is 39.0 Å². The number of hydrogen-bond donors (Lipinski definition) is 1. The van der Waals surface area contributed by atoms with Crippen LogP contribution in [0.15, 0.2) is 0 Å². The molecule has 1 aliphatic rings. The maximum atomic E-state index is 5.51. The maximum absolute atomic E-state index is 5.51. The van der Waals surface area contributed by atoms with Crippen molar-refractivity contribution in [1.82, 2.24) is 4.90 Å². The molecule has 78 valence electrons. The van der Waals surface area contributed by atoms with Gasteiger partial charge in [-0.15, -0.1) is 0 Å². The Hall–Kier alpha value is -0.0800. The zero-order chi connectivity index (χ0) is 9.68. The van der Waals surface area contributed by atoms with Crippen molar-refractivity contribution in [2.75, 3.05) is 20.1 Å². The molecule has 0 saturated heterocycles. The van der Waals surface area contributed by atoms with Gasteiger partial charge in [-0.3, -0.25) is 0 Å². The first-order valence-electron chi connectivity index (χ1n) is 5.64. The van der Waals surface area contributed by atoms with Crippen LogP contribution in [-0.2, 0) is 0 Å². The Morgan fingerprint density at radius 3 is 2.77 bits per heavy atom. The standard InChI is InChI=1S/C11H24N2/c1-10-5-3-6-11(9-10)13(2)8-4-7-12/h10-11H,3-9,12H2,1-2H3. The summed E-state index contributed by atoms with van der Waals surface area (Å²) in [6.45, 7) is 4.38. The molecule has 1 fully saturated rings. The largest absolute Gasteiger partial charge is 0.330 e. The molecule has 13 heavy (non-hydrogen) atoms. The second-order valence-electron chi connectivity index (χ2n) is 4.55. The SMILES string of the molecule is CC1CCCC(N(C)CCCN)C1. The predicted octanol–water partition coefficient (Wildman–Crippen LogP) is 1.85. The molecule has 1 saturated carbocycles. The Morgan fingerprint density at radius 2 is 2.15 bits per heavy atom. The average molecular weight is 184 g/mol. The van der Waals surface area contributed by atoms with Gasteiger partial charge in [0.25, 0.3) is 0 Å². The van der Waals surface area contributed by atoms with Gasteiger partial charge in [-0.2, -0.15) is 0 Å². The minimum atomic E-state index is 0.826. The summed E-state index contributed by atoms with van der Waals surface area (Å²) in [5, 5.41) is 0. The summed E-state index contributed by atoms with van der Waals surface area (Å²) in [6, 6.07) is 0.829. The Bertz CT molecular complexity index is 136. The second-order valence-corrected chi connectivity index (χ2v) is 4.55. The predicted molar refractivity (Wildman–Crippen MR) is 57.7 cm³/mol. The molecule has 0 spiro atoms. The molecule has 0 heterocycles. The molecule has 0 bridgehead atoms. The maximum Gasteiger partial charge on any atom is 0.00947 e. The average Bonchev–Trinajstić information content (AvgIpc) is 2.14. The van der Waals surface area contributed by atoms with Gasteiger partial charge in [0.1, 0.15) is 0 Å². The molecule has 1 aliphatic carbocycles. The van der Waals surface area contributed by atoms with E-state index in [1.54, 1.807) is 0 Å². The Kier molecular flexibility index (Phi) is 4.74. The molecule has 0 amide bonds. The van der Waals surface area contributed by atoms with E-state index in [2.05, 4.69) is 18.9 Å². The van der Waals surface area contributed by atoms with E-state index >= 15 is 0 Å². The third-order valence-electron chi connectivity index (χ3n) is 3.25. The third kappa shape index (κ3) is 3.65. The smallest absolute Gasteiger partial charge is 0.00947 e. The fourth-order valence-electron chi connectivity index (χ4n) is 2.33. The molecule has 0 aromatic heterocycles. The van der Waals surface area contributed by atoms with Gasteiger partial charge in [-0.05, 0) is 45.3 Å². The van der Waals surface area contributed by atoms with Crippen LogP contribution in [0.4, 0.5) is 0 Å². The summed E-state index contributed by atoms with van der Waals surface area (Å²) in [5.41, 5.74) is 5.51. The minimum absolute atomic E-state index is 0.826. The quantitative estimate of drug-likeness (QED) is 0.722. The summed E-state index contributed by atoms with van der Waals surface area (Å²) in [4.78, 5) is 2.50. The van der Waals surface area contributed by atoms with Crippen molar-refractivity contribution in [1.29, 1.82) is 0 Å². The van der Waals surface area contributed by atoms with Crippen molar-refractivity contribution in [2.24, 2.45) is 11.7 Å². The highest BCUT2D eigenvalue weighted by Gasteiger charge is 2.21. The van der Waals surface area contributed by atoms with Crippen LogP contribution in [0.2, 0.25) is 0 Å². The zero-order valence-corrected chi connectivity index (χ0v) is 9.13. The highest BCUT2D eigenvalue weighted by molar-refractivity contribution is 4.76. The summed E-state index contributed by atoms with van der Waals surface area (Å²) in [6.07, 6.45) is 6.77. The van der Waals surface area contributed by atoms with Crippen molar-refractivity contribution in [2.45, 2.75) is 45.1 Å². The van der Waals surface area contributed by atoms with Gasteiger partial charge in [-0.25, -0.2) is 0 Å². The molecule has 0 aromatic rings. The van der Waals surface area contributed by atoms with E-state index in [9.17, 15) is 0 Å². The van der Waals surface area contributed by atoms with E-state index < -0.39 is 0 Å². The van der Waals surface area contributed by atoms with E-state index in [1.165, 1.54) is 32.2 Å². The lowest BCUT2D eigenvalue weighted by Crippen LogP contribution is -2.36. The highest BCUT2D eigenvalue weighted by atomic mass is 15.1. The second kappa shape index (κ2) is 5.61. The van der Waals surface area contributed by atoms with Crippen LogP contribution < -0.4 is 5.73 Å². The van der Waals surface area contributed by atoms with E-state index in [1.807, 2.05) is 0 Å². The number of nitrogens with two attached hydrogens (primary N) is 1. The van der Waals surface area contributed by atoms with E-state index in [4.69, 9.17) is 5.73 Å². The molecule has 2 nitrogen and oxygen atoms in total. The van der Waals surface area contributed by atoms with E-state index in [0.29, 0.717) is 0 Å². The lowest BCUT2D eigenvalue weighted by molar-refractivity contribution is 0.163. The Balaban J connectivity index is 2.24. The normalized spacial score (nSPS) is 29.5. The number of rotatable bonds is 4. The third-order valence-corrected chi connectivity index (χ3v) is 3.25. The molecule has 0 aliphatic heterocycles. The summed E-state index contributed by atoms with van der Waals surface area (Å²) < 4.78 is 0. The Morgan fingerprint density at radius 1 is 1.38 bits per heavy atom. The Labute approximate surface area is 82.5 Å². The summed E-state index contributed by atoms with van der Waals surface area (Å²) in [7, 11) is 2.25. The van der Waals surface area contributed by atoms with Gasteiger partial charge in [0, 0.05) is 6.04 Å². The first-order chi connectivity index (χ1) is 6.24. The van der Waals surface area contributed by atoms with Gasteiger partial charge in [0.2, 0.25) is 0 Å². The molecule has 2 heteroatoms. The van der Waals surface area contributed by atoms with Crippen LogP contribution in [-0.4, -0.2) is 31.1 Å². The van der Waals surface area contributed by atoms with Gasteiger partial charge < -0.3 is 10.6 Å². The van der Waals surface area contributed by atoms with Gasteiger partial charge in [0.05, 0.1) is 0 Å². The minimum Gasteiger partial charge on any atom is -0.330 e. The van der Waals surface area contributed by atoms with Gasteiger partial charge >= 0.3 is 0 Å². The van der Waals surface area contributed by atoms with Crippen molar-refractivity contribution in [3.63, 3.8) is 0 Å². The molecule has 0 radical (unpaired) electrons. The van der Waals surface area contributed by atoms with Gasteiger partial charge in [-0.1, -0.05) is 19.8 Å². The summed E-state index contributed by atoms with van der Waals surface area (Å²) in [5.74, 6) is 0.930. The zero-order valence-electron chi connectivity index (χ0n) is 9.13. The lowest BCUT2D eigenvalue weighted by Gasteiger charge is -2.34. The van der Waals surface area contributed by atoms with Crippen LogP contribution >= 0.6 is 0 Å². The van der Waals surface area contributed by atoms with Crippen LogP contribution in [0, 0.1) is 5.92 Å². The van der Waals surface area contributed by atoms with E-state index in [-0.39, 0.29) is 0 Å². The highest BCUT2D eigenvalue weighted by Crippen LogP contribution is 2.26. The fraction of sp³-hybridized carbons (Fsp3) is 1.00. The van der Waals surface area contributed by atoms with Crippen LogP contribution in [0.3, 0.4) is 0 Å². The first-order valence-corrected chi connectivity index (χ1v) is 5.64. The van der Waals surface area contributed by atoms with Crippen molar-refractivity contribution in [3.05, 3.63) is 0 Å². The van der Waals surface area contributed by atoms with Gasteiger partial charge in [0.15, 0.2) is 0 Å². The van der Waals surface area contributed by atoms with E-state index in [0.717, 1.165) is 24.9 Å². The molecule has 2 N–H and O–H groups in total. The van der Waals surface area contributed by atoms with Crippen molar-refractivity contribution >= 4 is 0 Å². The molecular formula is C11H24N2. The van der Waals surface area contributed by atoms with Crippen LogP contribution in [0.5, 0.6) is 0 Å². The number of nitrogens with zero attached hydrogens (tertiary/aromatic N) is 1. The summed E-state index contributed by atoms with van der Waals surface area (Å²) >= 11 is 0.